The van der Waals surface area contributed by atoms with Crippen molar-refractivity contribution in [3.8, 4) is 0 Å². The molecule has 26 heavy (non-hydrogen) atoms. The van der Waals surface area contributed by atoms with Crippen molar-refractivity contribution in [3.05, 3.63) is 17.0 Å². The van der Waals surface area contributed by atoms with Crippen LogP contribution >= 0.6 is 12.4 Å². The number of carbonyl (C=O) groups excluding carboxylic acids is 2. The van der Waals surface area contributed by atoms with E-state index in [2.05, 4.69) is 34.7 Å². The second-order valence-electron chi connectivity index (χ2n) is 7.04. The average molecular weight is 384 g/mol. The number of hydrogen-bond acceptors (Lipinski definition) is 4. The van der Waals surface area contributed by atoms with Crippen molar-refractivity contribution < 1.29 is 9.59 Å². The van der Waals surface area contributed by atoms with Gasteiger partial charge in [-0.25, -0.2) is 0 Å². The largest absolute Gasteiger partial charge is 0.348 e. The highest BCUT2D eigenvalue weighted by Crippen LogP contribution is 2.19. The number of piperidine rings is 1. The second-order valence-corrected chi connectivity index (χ2v) is 7.04. The molecule has 0 saturated carbocycles. The summed E-state index contributed by atoms with van der Waals surface area (Å²) in [6.45, 7) is 7.19. The molecule has 0 radical (unpaired) electrons. The first-order valence-corrected chi connectivity index (χ1v) is 9.50. The third-order valence-electron chi connectivity index (χ3n) is 5.50. The summed E-state index contributed by atoms with van der Waals surface area (Å²) in [5, 5.41) is 13.6. The van der Waals surface area contributed by atoms with Crippen LogP contribution in [0.4, 0.5) is 0 Å². The number of halogens is 1. The number of rotatable bonds is 5. The molecule has 2 amide bonds. The van der Waals surface area contributed by atoms with Gasteiger partial charge < -0.3 is 15.5 Å². The highest BCUT2D eigenvalue weighted by atomic mass is 35.5. The zero-order chi connectivity index (χ0) is 17.8. The molecule has 0 aliphatic carbocycles. The Labute approximate surface area is 161 Å². The summed E-state index contributed by atoms with van der Waals surface area (Å²) in [5.41, 5.74) is 2.57. The van der Waals surface area contributed by atoms with Gasteiger partial charge in [-0.05, 0) is 25.7 Å². The summed E-state index contributed by atoms with van der Waals surface area (Å²) in [5.74, 6) is 0.294. The lowest BCUT2D eigenvalue weighted by molar-refractivity contribution is -0.136. The van der Waals surface area contributed by atoms with E-state index in [-0.39, 0.29) is 36.2 Å². The van der Waals surface area contributed by atoms with Gasteiger partial charge in [-0.3, -0.25) is 14.7 Å². The van der Waals surface area contributed by atoms with E-state index in [1.807, 2.05) is 4.90 Å². The molecular weight excluding hydrogens is 354 g/mol. The topological polar surface area (TPSA) is 90.1 Å². The normalized spacial score (nSPS) is 17.6. The molecule has 0 atom stereocenters. The average Bonchev–Trinajstić information content (AvgIpc) is 3.07. The van der Waals surface area contributed by atoms with Gasteiger partial charge in [-0.15, -0.1) is 12.4 Å². The predicted octanol–water partition coefficient (Wildman–Crippen LogP) is 1.63. The summed E-state index contributed by atoms with van der Waals surface area (Å²) in [7, 11) is 0. The number of amides is 2. The van der Waals surface area contributed by atoms with Gasteiger partial charge in [0.25, 0.3) is 5.91 Å². The highest BCUT2D eigenvalue weighted by Gasteiger charge is 2.28. The molecule has 3 rings (SSSR count). The van der Waals surface area contributed by atoms with Crippen molar-refractivity contribution in [1.29, 1.82) is 0 Å². The molecule has 7 nitrogen and oxygen atoms in total. The van der Waals surface area contributed by atoms with Gasteiger partial charge in [0.05, 0.1) is 0 Å². The van der Waals surface area contributed by atoms with Crippen molar-refractivity contribution in [2.45, 2.75) is 58.5 Å². The quantitative estimate of drug-likeness (QED) is 0.720. The first-order chi connectivity index (χ1) is 12.1. The molecule has 0 aromatic carbocycles. The predicted molar refractivity (Wildman–Crippen MR) is 102 cm³/mol. The number of nitrogens with zero attached hydrogens (tertiary/aromatic N) is 2. The van der Waals surface area contributed by atoms with Crippen molar-refractivity contribution in [2.75, 3.05) is 19.6 Å². The Bertz CT molecular complexity index is 621. The van der Waals surface area contributed by atoms with Crippen molar-refractivity contribution in [3.63, 3.8) is 0 Å². The number of hydrogen-bond donors (Lipinski definition) is 3. The van der Waals surface area contributed by atoms with Gasteiger partial charge in [0, 0.05) is 55.8 Å². The summed E-state index contributed by atoms with van der Waals surface area (Å²) in [4.78, 5) is 27.0. The molecule has 3 heterocycles. The highest BCUT2D eigenvalue weighted by molar-refractivity contribution is 5.94. The molecule has 0 bridgehead atoms. The Morgan fingerprint density at radius 3 is 2.62 bits per heavy atom. The van der Waals surface area contributed by atoms with Crippen molar-refractivity contribution in [2.24, 2.45) is 5.92 Å². The van der Waals surface area contributed by atoms with Crippen LogP contribution in [0.3, 0.4) is 0 Å². The standard InChI is InChI=1S/C18H29N5O2.ClH/c1-3-12(4-2)18(25)23-9-6-13(7-10-23)20-17(24)16-14-11-19-8-5-15(14)21-22-16;/h12-13,19H,3-11H2,1-2H3,(H,20,24)(H,21,22);1H. The minimum atomic E-state index is -0.106. The molecule has 1 saturated heterocycles. The number of aromatic nitrogens is 2. The van der Waals surface area contributed by atoms with Gasteiger partial charge in [-0.1, -0.05) is 13.8 Å². The maximum absolute atomic E-state index is 12.6. The van der Waals surface area contributed by atoms with Crippen molar-refractivity contribution in [1.82, 2.24) is 25.7 Å². The number of nitrogens with one attached hydrogen (secondary N) is 3. The lowest BCUT2D eigenvalue weighted by Crippen LogP contribution is -2.48. The summed E-state index contributed by atoms with van der Waals surface area (Å²) in [6.07, 6.45) is 4.28. The fraction of sp³-hybridized carbons (Fsp3) is 0.722. The Morgan fingerprint density at radius 1 is 1.27 bits per heavy atom. The minimum absolute atomic E-state index is 0. The van der Waals surface area contributed by atoms with Gasteiger partial charge >= 0.3 is 0 Å². The Morgan fingerprint density at radius 2 is 1.96 bits per heavy atom. The van der Waals surface area contributed by atoms with E-state index in [1.54, 1.807) is 0 Å². The van der Waals surface area contributed by atoms with Crippen LogP contribution in [0.25, 0.3) is 0 Å². The molecule has 1 aromatic heterocycles. The number of H-pyrrole nitrogens is 1. The van der Waals surface area contributed by atoms with Crippen LogP contribution in [0.5, 0.6) is 0 Å². The lowest BCUT2D eigenvalue weighted by Gasteiger charge is -2.34. The Balaban J connectivity index is 0.00000243. The Hall–Kier alpha value is -1.60. The van der Waals surface area contributed by atoms with Gasteiger partial charge in [0.15, 0.2) is 5.69 Å². The summed E-state index contributed by atoms with van der Waals surface area (Å²) in [6, 6.07) is 0.113. The van der Waals surface area contributed by atoms with Crippen LogP contribution in [0, 0.1) is 5.92 Å². The first-order valence-electron chi connectivity index (χ1n) is 9.50. The van der Waals surface area contributed by atoms with Gasteiger partial charge in [0.2, 0.25) is 5.91 Å². The van der Waals surface area contributed by atoms with Crippen LogP contribution < -0.4 is 10.6 Å². The monoisotopic (exact) mass is 383 g/mol. The van der Waals surface area contributed by atoms with Crippen LogP contribution in [0.2, 0.25) is 0 Å². The van der Waals surface area contributed by atoms with E-state index in [9.17, 15) is 9.59 Å². The number of carbonyl (C=O) groups is 2. The first kappa shape index (κ1) is 20.7. The molecule has 3 N–H and O–H groups in total. The number of aromatic amines is 1. The summed E-state index contributed by atoms with van der Waals surface area (Å²) < 4.78 is 0. The fourth-order valence-corrected chi connectivity index (χ4v) is 3.81. The second kappa shape index (κ2) is 9.37. The minimum Gasteiger partial charge on any atom is -0.348 e. The van der Waals surface area contributed by atoms with E-state index in [4.69, 9.17) is 0 Å². The third kappa shape index (κ3) is 4.38. The summed E-state index contributed by atoms with van der Waals surface area (Å²) >= 11 is 0. The Kier molecular flexibility index (Phi) is 7.46. The molecule has 146 valence electrons. The van der Waals surface area contributed by atoms with E-state index < -0.39 is 0 Å². The molecule has 1 fully saturated rings. The molecule has 0 spiro atoms. The van der Waals surface area contributed by atoms with Gasteiger partial charge in [0.1, 0.15) is 0 Å². The van der Waals surface area contributed by atoms with Crippen LogP contribution in [0.1, 0.15) is 61.3 Å². The maximum Gasteiger partial charge on any atom is 0.272 e. The molecular formula is C18H30ClN5O2. The maximum atomic E-state index is 12.6. The van der Waals surface area contributed by atoms with E-state index in [1.165, 1.54) is 0 Å². The molecule has 1 aromatic rings. The fourth-order valence-electron chi connectivity index (χ4n) is 3.81. The zero-order valence-electron chi connectivity index (χ0n) is 15.6. The van der Waals surface area contributed by atoms with E-state index >= 15 is 0 Å². The number of likely N-dealkylation sites (tertiary alicyclic amines) is 1. The van der Waals surface area contributed by atoms with Gasteiger partial charge in [-0.2, -0.15) is 5.10 Å². The smallest absolute Gasteiger partial charge is 0.272 e. The molecule has 2 aliphatic rings. The lowest BCUT2D eigenvalue weighted by atomic mass is 9.98. The van der Waals surface area contributed by atoms with Crippen LogP contribution in [-0.4, -0.2) is 52.6 Å². The third-order valence-corrected chi connectivity index (χ3v) is 5.50. The van der Waals surface area contributed by atoms with Crippen LogP contribution in [-0.2, 0) is 17.8 Å². The van der Waals surface area contributed by atoms with Crippen molar-refractivity contribution >= 4 is 24.2 Å². The molecule has 8 heteroatoms. The van der Waals surface area contributed by atoms with E-state index in [0.29, 0.717) is 12.2 Å². The van der Waals surface area contributed by atoms with E-state index in [0.717, 1.165) is 63.0 Å². The molecule has 0 unspecified atom stereocenters. The molecule has 2 aliphatic heterocycles. The van der Waals surface area contributed by atoms with Crippen LogP contribution in [0.15, 0.2) is 0 Å². The SMILES string of the molecule is CCC(CC)C(=O)N1CCC(NC(=O)c2n[nH]c3c2CNCC3)CC1.Cl. The number of fused-ring (bicyclic) bond motifs is 1. The zero-order valence-corrected chi connectivity index (χ0v) is 16.5.